The summed E-state index contributed by atoms with van der Waals surface area (Å²) in [4.78, 5) is 41.4. The molecule has 14 heteroatoms. The number of esters is 2. The van der Waals surface area contributed by atoms with Gasteiger partial charge in [-0.05, 0) is 129 Å². The quantitative estimate of drug-likeness (QED) is 0.0881. The minimum atomic E-state index is -1.79. The van der Waals surface area contributed by atoms with Crippen LogP contribution in [0, 0.1) is 63.1 Å². The highest BCUT2D eigenvalue weighted by Crippen LogP contribution is 2.75. The number of allylic oxidation sites excluding steroid dienone is 2. The van der Waals surface area contributed by atoms with E-state index in [2.05, 4.69) is 46.8 Å². The lowest BCUT2D eigenvalue weighted by Crippen LogP contribution is -2.70. The van der Waals surface area contributed by atoms with Gasteiger partial charge in [-0.3, -0.25) is 4.79 Å². The van der Waals surface area contributed by atoms with E-state index in [1.807, 2.05) is 38.1 Å². The van der Waals surface area contributed by atoms with Gasteiger partial charge in [0.05, 0.1) is 35.2 Å². The lowest BCUT2D eigenvalue weighted by atomic mass is 9.32. The fourth-order valence-corrected chi connectivity index (χ4v) is 14.6. The van der Waals surface area contributed by atoms with Crippen molar-refractivity contribution in [1.82, 2.24) is 0 Å². The minimum absolute atomic E-state index is 0.0244. The van der Waals surface area contributed by atoms with Gasteiger partial charge in [-0.2, -0.15) is 0 Å². The Balaban J connectivity index is 1.11. The van der Waals surface area contributed by atoms with Gasteiger partial charge in [0.1, 0.15) is 30.7 Å². The molecule has 11 unspecified atom stereocenters. The average Bonchev–Trinajstić information content (AvgIpc) is 3.26. The van der Waals surface area contributed by atoms with E-state index >= 15 is 4.79 Å². The van der Waals surface area contributed by atoms with Crippen molar-refractivity contribution in [3.8, 4) is 0 Å². The molecule has 14 nitrogen and oxygen atoms in total. The normalized spacial score (nSPS) is 49.7. The molecule has 2 aliphatic heterocycles. The van der Waals surface area contributed by atoms with Crippen LogP contribution in [0.1, 0.15) is 118 Å². The zero-order valence-corrected chi connectivity index (χ0v) is 40.0. The molecule has 0 amide bonds. The molecule has 6 fully saturated rings. The molecule has 0 radical (unpaired) electrons. The maximum Gasteiger partial charge on any atom is 0.331 e. The Labute approximate surface area is 389 Å². The van der Waals surface area contributed by atoms with Gasteiger partial charge in [-0.25, -0.2) is 4.79 Å². The van der Waals surface area contributed by atoms with E-state index < -0.39 is 102 Å². The van der Waals surface area contributed by atoms with E-state index in [4.69, 9.17) is 23.7 Å². The van der Waals surface area contributed by atoms with Gasteiger partial charge in [-0.15, -0.1) is 0 Å². The van der Waals surface area contributed by atoms with Crippen LogP contribution >= 0.6 is 0 Å². The Hall–Kier alpha value is -3.05. The second-order valence-electron chi connectivity index (χ2n) is 23.1. The fraction of sp³-hybridized carbons (Fsp3) is 0.750. The Bertz CT molecular complexity index is 2050. The van der Waals surface area contributed by atoms with E-state index in [0.29, 0.717) is 32.1 Å². The van der Waals surface area contributed by atoms with Gasteiger partial charge >= 0.3 is 11.9 Å². The van der Waals surface area contributed by atoms with Crippen molar-refractivity contribution in [3.05, 3.63) is 53.6 Å². The summed E-state index contributed by atoms with van der Waals surface area (Å²) in [5.41, 5.74) is -1.75. The number of aliphatic hydroxyl groups is 6. The monoisotopic (exact) mass is 923 g/mol. The Morgan fingerprint density at radius 3 is 2.08 bits per heavy atom. The maximum atomic E-state index is 15.4. The summed E-state index contributed by atoms with van der Waals surface area (Å²) in [6, 6.07) is 7.48. The van der Waals surface area contributed by atoms with E-state index in [-0.39, 0.29) is 39.9 Å². The third kappa shape index (κ3) is 7.77. The standard InChI is InChI=1S/C52H74O14/c1-27-10-12-30(13-11-27)14-17-37(56)64-42-29(3)63-45(43(41(42)60)65-44-40(59)39(58)38(57)28(2)62-44)66-46(61)52-23-22-47(4,5)24-32(52)31-15-16-34-48(6)20-19-35(54)49(7,26-53)33(48)18-21-50(34,8)51(31,9)25-36(52)55/h10-17,26,28-29,31-36,38-45,54-55,57-60H,18-25H2,1-9H3/b17-14+/t28?,29?,31?,32-,33+,34+,35-,36+,38?,39?,40?,41?,42?,43?,44?,45?,48-,49-,50+,51+,52+/m0/s1. The number of hydrogen-bond donors (Lipinski definition) is 6. The molecule has 2 heterocycles. The summed E-state index contributed by atoms with van der Waals surface area (Å²) in [7, 11) is 0. The molecule has 1 aromatic carbocycles. The maximum absolute atomic E-state index is 15.4. The number of fused-ring (bicyclic) bond motifs is 7. The van der Waals surface area contributed by atoms with Crippen LogP contribution in [0.5, 0.6) is 0 Å². The smallest absolute Gasteiger partial charge is 0.331 e. The highest BCUT2D eigenvalue weighted by Gasteiger charge is 2.73. The molecule has 66 heavy (non-hydrogen) atoms. The molecule has 0 spiro atoms. The van der Waals surface area contributed by atoms with Gasteiger partial charge in [0.25, 0.3) is 0 Å². The third-order valence-corrected chi connectivity index (χ3v) is 18.9. The molecular formula is C52H74O14. The number of aliphatic hydroxyl groups excluding tert-OH is 6. The second-order valence-corrected chi connectivity index (χ2v) is 23.1. The highest BCUT2D eigenvalue weighted by atomic mass is 16.8. The molecule has 5 aliphatic carbocycles. The molecule has 2 saturated heterocycles. The lowest BCUT2D eigenvalue weighted by molar-refractivity contribution is -0.359. The van der Waals surface area contributed by atoms with Crippen LogP contribution in [0.25, 0.3) is 6.08 Å². The Kier molecular flexibility index (Phi) is 13.0. The molecule has 6 N–H and O–H groups in total. The van der Waals surface area contributed by atoms with E-state index in [0.717, 1.165) is 36.7 Å². The van der Waals surface area contributed by atoms with Crippen molar-refractivity contribution < 1.29 is 68.7 Å². The van der Waals surface area contributed by atoms with Crippen LogP contribution in [0.15, 0.2) is 42.5 Å². The summed E-state index contributed by atoms with van der Waals surface area (Å²) in [6.07, 6.45) is -3.80. The first-order valence-corrected chi connectivity index (χ1v) is 24.2. The number of carbonyl (C=O) groups excluding carboxylic acids is 3. The van der Waals surface area contributed by atoms with E-state index in [1.165, 1.54) is 13.0 Å². The first-order valence-electron chi connectivity index (χ1n) is 24.2. The Morgan fingerprint density at radius 1 is 0.712 bits per heavy atom. The zero-order valence-electron chi connectivity index (χ0n) is 40.0. The van der Waals surface area contributed by atoms with Gasteiger partial charge in [0.2, 0.25) is 6.29 Å². The number of aldehydes is 1. The number of rotatable bonds is 8. The molecule has 0 bridgehead atoms. The number of hydrogen-bond acceptors (Lipinski definition) is 14. The fourth-order valence-electron chi connectivity index (χ4n) is 14.6. The van der Waals surface area contributed by atoms with Crippen LogP contribution in [0.4, 0.5) is 0 Å². The zero-order chi connectivity index (χ0) is 48.1. The summed E-state index contributed by atoms with van der Waals surface area (Å²) < 4.78 is 30.4. The molecule has 0 aromatic heterocycles. The summed E-state index contributed by atoms with van der Waals surface area (Å²) >= 11 is 0. The molecule has 7 aliphatic rings. The molecule has 1 aromatic rings. The van der Waals surface area contributed by atoms with Crippen molar-refractivity contribution >= 4 is 24.3 Å². The van der Waals surface area contributed by atoms with Crippen molar-refractivity contribution in [1.29, 1.82) is 0 Å². The van der Waals surface area contributed by atoms with Gasteiger partial charge in [0, 0.05) is 6.08 Å². The predicted molar refractivity (Wildman–Crippen MR) is 241 cm³/mol. The number of ether oxygens (including phenoxy) is 5. The summed E-state index contributed by atoms with van der Waals surface area (Å²) in [5, 5.41) is 68.2. The van der Waals surface area contributed by atoms with Crippen LogP contribution in [0.2, 0.25) is 0 Å². The topological polar surface area (TPSA) is 219 Å². The van der Waals surface area contributed by atoms with Crippen LogP contribution in [-0.4, -0.2) is 122 Å². The van der Waals surface area contributed by atoms with Crippen molar-refractivity contribution in [2.45, 2.75) is 187 Å². The van der Waals surface area contributed by atoms with E-state index in [1.54, 1.807) is 13.0 Å². The highest BCUT2D eigenvalue weighted by molar-refractivity contribution is 5.87. The van der Waals surface area contributed by atoms with Crippen molar-refractivity contribution in [3.63, 3.8) is 0 Å². The van der Waals surface area contributed by atoms with Crippen molar-refractivity contribution in [2.24, 2.45) is 56.2 Å². The minimum Gasteiger partial charge on any atom is -0.454 e. The first-order chi connectivity index (χ1) is 30.9. The van der Waals surface area contributed by atoms with Crippen molar-refractivity contribution in [2.75, 3.05) is 0 Å². The summed E-state index contributed by atoms with van der Waals surface area (Å²) in [5.74, 6) is -2.01. The average molecular weight is 923 g/mol. The van der Waals surface area contributed by atoms with Gasteiger partial charge in [-0.1, -0.05) is 83.5 Å². The molecule has 21 atom stereocenters. The van der Waals surface area contributed by atoms with Gasteiger partial charge in [0.15, 0.2) is 18.5 Å². The number of benzene rings is 1. The SMILES string of the molecule is Cc1ccc(/C=C/C(=O)OC2C(C)OC(OC(=O)[C@]34CCC(C)(C)C[C@H]3C3C=C[C@@H]5[C@@]6(C)CC[C@H](O)[C@@](C)(C=O)[C@@H]6CC[C@@]5(C)[C@]3(C)C[C@H]4O)C(OC3OC(C)C(O)C(O)C3O)C2O)cc1. The van der Waals surface area contributed by atoms with Gasteiger partial charge < -0.3 is 59.1 Å². The second kappa shape index (κ2) is 17.4. The molecular weight excluding hydrogens is 849 g/mol. The lowest BCUT2D eigenvalue weighted by Gasteiger charge is -2.72. The molecule has 366 valence electrons. The van der Waals surface area contributed by atoms with Crippen LogP contribution in [-0.2, 0) is 38.1 Å². The van der Waals surface area contributed by atoms with Crippen LogP contribution < -0.4 is 0 Å². The predicted octanol–water partition coefficient (Wildman–Crippen LogP) is 4.95. The largest absolute Gasteiger partial charge is 0.454 e. The summed E-state index contributed by atoms with van der Waals surface area (Å²) in [6.45, 7) is 18.1. The van der Waals surface area contributed by atoms with E-state index in [9.17, 15) is 40.2 Å². The molecule has 4 saturated carbocycles. The number of aryl methyl sites for hydroxylation is 1. The van der Waals surface area contributed by atoms with Crippen LogP contribution in [0.3, 0.4) is 0 Å². The Morgan fingerprint density at radius 2 is 1.39 bits per heavy atom. The third-order valence-electron chi connectivity index (χ3n) is 18.9. The molecule has 8 rings (SSSR count). The first kappa shape index (κ1) is 49.4. The number of carbonyl (C=O) groups is 3.